The highest BCUT2D eigenvalue weighted by Gasteiger charge is 2.18. The molecule has 0 saturated carbocycles. The second-order valence-corrected chi connectivity index (χ2v) is 6.03. The number of hydrogen-bond acceptors (Lipinski definition) is 6. The van der Waals surface area contributed by atoms with Crippen LogP contribution >= 0.6 is 23.2 Å². The van der Waals surface area contributed by atoms with Gasteiger partial charge in [0.15, 0.2) is 5.57 Å². The quantitative estimate of drug-likeness (QED) is 0.427. The topological polar surface area (TPSA) is 88.4 Å². The van der Waals surface area contributed by atoms with Gasteiger partial charge in [0.25, 0.3) is 0 Å². The van der Waals surface area contributed by atoms with Gasteiger partial charge < -0.3 is 14.8 Å². The highest BCUT2D eigenvalue weighted by molar-refractivity contribution is 6.38. The fraction of sp³-hybridized carbons (Fsp3) is 0.353. The molecule has 0 aromatic heterocycles. The van der Waals surface area contributed by atoms with Crippen molar-refractivity contribution < 1.29 is 19.1 Å². The average Bonchev–Trinajstić information content (AvgIpc) is 2.55. The van der Waals surface area contributed by atoms with Crippen molar-refractivity contribution in [3.8, 4) is 6.07 Å². The fourth-order valence-electron chi connectivity index (χ4n) is 1.68. The first kappa shape index (κ1) is 20.8. The van der Waals surface area contributed by atoms with Crippen molar-refractivity contribution in [3.05, 3.63) is 39.5 Å². The van der Waals surface area contributed by atoms with Crippen LogP contribution in [-0.4, -0.2) is 24.6 Å². The second kappa shape index (κ2) is 9.92. The molecule has 1 aromatic rings. The highest BCUT2D eigenvalue weighted by atomic mass is 35.5. The van der Waals surface area contributed by atoms with Crippen LogP contribution in [0.5, 0.6) is 0 Å². The van der Waals surface area contributed by atoms with Crippen molar-refractivity contribution in [2.24, 2.45) is 0 Å². The van der Waals surface area contributed by atoms with Crippen molar-refractivity contribution in [2.45, 2.75) is 33.3 Å². The molecule has 0 fully saturated rings. The third-order valence-corrected chi connectivity index (χ3v) is 3.38. The summed E-state index contributed by atoms with van der Waals surface area (Å²) in [5.41, 5.74) is 0.0857. The largest absolute Gasteiger partial charge is 0.462 e. The SMILES string of the molecule is CCCOC(=O)C(C#N)=CNc1cc(Cl)cc(C(=O)OC(C)C)c1Cl. The molecule has 1 aromatic carbocycles. The number of ether oxygens (including phenoxy) is 2. The molecule has 6 nitrogen and oxygen atoms in total. The molecule has 0 amide bonds. The van der Waals surface area contributed by atoms with E-state index in [9.17, 15) is 9.59 Å². The van der Waals surface area contributed by atoms with Crippen LogP contribution in [0, 0.1) is 11.3 Å². The van der Waals surface area contributed by atoms with E-state index in [1.807, 2.05) is 6.92 Å². The summed E-state index contributed by atoms with van der Waals surface area (Å²) in [4.78, 5) is 23.8. The zero-order chi connectivity index (χ0) is 19.0. The van der Waals surface area contributed by atoms with Crippen molar-refractivity contribution >= 4 is 40.8 Å². The first-order valence-electron chi connectivity index (χ1n) is 7.54. The van der Waals surface area contributed by atoms with Gasteiger partial charge in [0.05, 0.1) is 29.0 Å². The van der Waals surface area contributed by atoms with Gasteiger partial charge in [-0.3, -0.25) is 0 Å². The third-order valence-electron chi connectivity index (χ3n) is 2.75. The van der Waals surface area contributed by atoms with E-state index in [0.29, 0.717) is 6.42 Å². The first-order chi connectivity index (χ1) is 11.8. The number of hydrogen-bond donors (Lipinski definition) is 1. The lowest BCUT2D eigenvalue weighted by Crippen LogP contribution is -2.13. The fourth-order valence-corrected chi connectivity index (χ4v) is 2.14. The Kier molecular flexibility index (Phi) is 8.26. The number of halogens is 2. The van der Waals surface area contributed by atoms with E-state index in [1.165, 1.54) is 12.1 Å². The smallest absolute Gasteiger partial charge is 0.350 e. The molecule has 0 heterocycles. The van der Waals surface area contributed by atoms with E-state index in [0.717, 1.165) is 6.20 Å². The Bertz CT molecular complexity index is 724. The Morgan fingerprint density at radius 1 is 1.36 bits per heavy atom. The molecule has 8 heteroatoms. The van der Waals surface area contributed by atoms with Crippen LogP contribution in [0.25, 0.3) is 0 Å². The van der Waals surface area contributed by atoms with Gasteiger partial charge in [0, 0.05) is 11.2 Å². The van der Waals surface area contributed by atoms with Crippen molar-refractivity contribution in [2.75, 3.05) is 11.9 Å². The Morgan fingerprint density at radius 2 is 2.04 bits per heavy atom. The predicted octanol–water partition coefficient (Wildman–Crippen LogP) is 4.33. The number of rotatable bonds is 7. The Labute approximate surface area is 156 Å². The maximum absolute atomic E-state index is 12.1. The molecular weight excluding hydrogens is 367 g/mol. The lowest BCUT2D eigenvalue weighted by atomic mass is 10.2. The molecule has 0 unspecified atom stereocenters. The minimum absolute atomic E-state index is 0.0607. The van der Waals surface area contributed by atoms with Crippen molar-refractivity contribution in [1.29, 1.82) is 5.26 Å². The number of nitrogens with one attached hydrogen (secondary N) is 1. The van der Waals surface area contributed by atoms with E-state index < -0.39 is 11.9 Å². The number of nitrogens with zero attached hydrogens (tertiary/aromatic N) is 1. The minimum Gasteiger partial charge on any atom is -0.462 e. The van der Waals surface area contributed by atoms with Crippen LogP contribution in [-0.2, 0) is 14.3 Å². The third kappa shape index (κ3) is 6.29. The average molecular weight is 385 g/mol. The van der Waals surface area contributed by atoms with Crippen LogP contribution in [0.4, 0.5) is 5.69 Å². The van der Waals surface area contributed by atoms with Crippen LogP contribution in [0.2, 0.25) is 10.0 Å². The summed E-state index contributed by atoms with van der Waals surface area (Å²) in [7, 11) is 0. The predicted molar refractivity (Wildman–Crippen MR) is 95.6 cm³/mol. The number of carbonyl (C=O) groups is 2. The molecule has 0 atom stereocenters. The van der Waals surface area contributed by atoms with E-state index in [4.69, 9.17) is 37.9 Å². The summed E-state index contributed by atoms with van der Waals surface area (Å²) < 4.78 is 9.99. The molecule has 0 aliphatic carbocycles. The highest BCUT2D eigenvalue weighted by Crippen LogP contribution is 2.31. The molecule has 25 heavy (non-hydrogen) atoms. The zero-order valence-electron chi connectivity index (χ0n) is 14.1. The Morgan fingerprint density at radius 3 is 2.60 bits per heavy atom. The van der Waals surface area contributed by atoms with E-state index in [2.05, 4.69) is 5.32 Å². The van der Waals surface area contributed by atoms with Gasteiger partial charge in [0.2, 0.25) is 0 Å². The van der Waals surface area contributed by atoms with E-state index >= 15 is 0 Å². The molecule has 0 bridgehead atoms. The van der Waals surface area contributed by atoms with Gasteiger partial charge in [-0.1, -0.05) is 30.1 Å². The molecule has 0 aliphatic heterocycles. The van der Waals surface area contributed by atoms with Crippen LogP contribution in [0.3, 0.4) is 0 Å². The second-order valence-electron chi connectivity index (χ2n) is 5.22. The Hall–Kier alpha value is -2.23. The van der Waals surface area contributed by atoms with Crippen LogP contribution < -0.4 is 5.32 Å². The summed E-state index contributed by atoms with van der Waals surface area (Å²) >= 11 is 12.2. The Balaban J connectivity index is 3.08. The van der Waals surface area contributed by atoms with Crippen molar-refractivity contribution in [1.82, 2.24) is 0 Å². The molecule has 1 N–H and O–H groups in total. The van der Waals surface area contributed by atoms with Gasteiger partial charge in [-0.2, -0.15) is 5.26 Å². The standard InChI is InChI=1S/C17H18Cl2N2O4/c1-4-5-24-16(22)11(8-20)9-21-14-7-12(18)6-13(15(14)19)17(23)25-10(2)3/h6-7,9-10,21H,4-5H2,1-3H3. The zero-order valence-corrected chi connectivity index (χ0v) is 15.6. The molecule has 1 rings (SSSR count). The normalized spacial score (nSPS) is 11.0. The van der Waals surface area contributed by atoms with Gasteiger partial charge in [0.1, 0.15) is 6.07 Å². The number of anilines is 1. The van der Waals surface area contributed by atoms with Gasteiger partial charge in [-0.15, -0.1) is 0 Å². The summed E-state index contributed by atoms with van der Waals surface area (Å²) in [5.74, 6) is -1.38. The molecule has 0 radical (unpaired) electrons. The molecule has 0 saturated heterocycles. The minimum atomic E-state index is -0.755. The molecule has 0 spiro atoms. The van der Waals surface area contributed by atoms with E-state index in [1.54, 1.807) is 19.9 Å². The summed E-state index contributed by atoms with van der Waals surface area (Å²) in [5, 5.41) is 12.0. The van der Waals surface area contributed by atoms with Crippen LogP contribution in [0.15, 0.2) is 23.9 Å². The summed E-state index contributed by atoms with van der Waals surface area (Å²) in [6.07, 6.45) is 1.46. The first-order valence-corrected chi connectivity index (χ1v) is 8.29. The van der Waals surface area contributed by atoms with Crippen molar-refractivity contribution in [3.63, 3.8) is 0 Å². The number of nitriles is 1. The van der Waals surface area contributed by atoms with E-state index in [-0.39, 0.29) is 39.6 Å². The van der Waals surface area contributed by atoms with Crippen LogP contribution in [0.1, 0.15) is 37.6 Å². The maximum Gasteiger partial charge on any atom is 0.350 e. The molecular formula is C17H18Cl2N2O4. The van der Waals surface area contributed by atoms with Gasteiger partial charge in [-0.05, 0) is 32.4 Å². The number of carbonyl (C=O) groups excluding carboxylic acids is 2. The molecule has 134 valence electrons. The van der Waals surface area contributed by atoms with Gasteiger partial charge in [-0.25, -0.2) is 9.59 Å². The lowest BCUT2D eigenvalue weighted by Gasteiger charge is -2.12. The number of esters is 2. The summed E-state index contributed by atoms with van der Waals surface area (Å²) in [6, 6.07) is 4.57. The number of benzene rings is 1. The lowest BCUT2D eigenvalue weighted by molar-refractivity contribution is -0.138. The monoisotopic (exact) mass is 384 g/mol. The van der Waals surface area contributed by atoms with Gasteiger partial charge >= 0.3 is 11.9 Å². The summed E-state index contributed by atoms with van der Waals surface area (Å²) in [6.45, 7) is 5.46. The maximum atomic E-state index is 12.1. The molecule has 0 aliphatic rings.